The quantitative estimate of drug-likeness (QED) is 0.614. The number of amides is 1. The highest BCUT2D eigenvalue weighted by atomic mass is 19.4. The molecule has 8 heteroatoms. The Hall–Kier alpha value is -3.42. The lowest BCUT2D eigenvalue weighted by atomic mass is 10.2. The molecule has 0 bridgehead atoms. The zero-order chi connectivity index (χ0) is 19.4. The summed E-state index contributed by atoms with van der Waals surface area (Å²) in [5.41, 5.74) is 0.279. The van der Waals surface area contributed by atoms with Crippen LogP contribution in [0.5, 0.6) is 0 Å². The number of halogens is 4. The monoisotopic (exact) mass is 375 g/mol. The zero-order valence-corrected chi connectivity index (χ0v) is 13.7. The van der Waals surface area contributed by atoms with E-state index in [2.05, 4.69) is 15.6 Å². The zero-order valence-electron chi connectivity index (χ0n) is 13.7. The fourth-order valence-electron chi connectivity index (χ4n) is 2.30. The number of carbonyl (C=O) groups excluding carboxylic acids is 1. The van der Waals surface area contributed by atoms with E-state index in [-0.39, 0.29) is 11.4 Å². The first kappa shape index (κ1) is 18.4. The van der Waals surface area contributed by atoms with Gasteiger partial charge in [0.2, 0.25) is 0 Å². The Kier molecular flexibility index (Phi) is 5.07. The Morgan fingerprint density at radius 2 is 1.59 bits per heavy atom. The second-order valence-corrected chi connectivity index (χ2v) is 5.59. The maximum Gasteiger partial charge on any atom is 0.416 e. The Balaban J connectivity index is 1.75. The number of anilines is 3. The molecule has 0 radical (unpaired) electrons. The van der Waals surface area contributed by atoms with E-state index in [4.69, 9.17) is 0 Å². The minimum absolute atomic E-state index is 0.0521. The summed E-state index contributed by atoms with van der Waals surface area (Å²) >= 11 is 0. The van der Waals surface area contributed by atoms with Crippen LogP contribution < -0.4 is 10.6 Å². The maximum atomic E-state index is 12.9. The minimum Gasteiger partial charge on any atom is -0.355 e. The van der Waals surface area contributed by atoms with Gasteiger partial charge in [0, 0.05) is 23.3 Å². The number of pyridine rings is 1. The second kappa shape index (κ2) is 7.45. The molecule has 3 rings (SSSR count). The summed E-state index contributed by atoms with van der Waals surface area (Å²) < 4.78 is 51.3. The molecule has 0 aliphatic carbocycles. The molecule has 0 atom stereocenters. The SMILES string of the molecule is O=C(Nc1ccc(F)cc1)c1cc(Nc2cccc(C(F)(F)F)c2)ccn1. The lowest BCUT2D eigenvalue weighted by Gasteiger charge is -2.11. The Labute approximate surface area is 151 Å². The number of benzene rings is 2. The molecule has 0 aliphatic rings. The van der Waals surface area contributed by atoms with Crippen LogP contribution in [-0.2, 0) is 6.18 Å². The molecule has 1 amide bonds. The average Bonchev–Trinajstić information content (AvgIpc) is 2.63. The molecular formula is C19H13F4N3O. The number of nitrogens with one attached hydrogen (secondary N) is 2. The molecule has 1 aromatic heterocycles. The van der Waals surface area contributed by atoms with Crippen molar-refractivity contribution in [3.05, 3.63) is 83.9 Å². The van der Waals surface area contributed by atoms with Gasteiger partial charge in [0.1, 0.15) is 11.5 Å². The summed E-state index contributed by atoms with van der Waals surface area (Å²) in [5.74, 6) is -0.965. The molecule has 2 aromatic carbocycles. The largest absolute Gasteiger partial charge is 0.416 e. The smallest absolute Gasteiger partial charge is 0.355 e. The molecular weight excluding hydrogens is 362 g/mol. The molecule has 0 unspecified atom stereocenters. The second-order valence-electron chi connectivity index (χ2n) is 5.59. The molecule has 0 aliphatic heterocycles. The van der Waals surface area contributed by atoms with Crippen LogP contribution >= 0.6 is 0 Å². The topological polar surface area (TPSA) is 54.0 Å². The van der Waals surface area contributed by atoms with Crippen LogP contribution in [0.2, 0.25) is 0 Å². The first-order valence-electron chi connectivity index (χ1n) is 7.78. The van der Waals surface area contributed by atoms with Crippen LogP contribution in [-0.4, -0.2) is 10.9 Å². The Morgan fingerprint density at radius 1 is 0.889 bits per heavy atom. The standard InChI is InChI=1S/C19H13F4N3O/c20-13-4-6-14(7-5-13)26-18(27)17-11-16(8-9-24-17)25-15-3-1-2-12(10-15)19(21,22)23/h1-11H,(H,24,25)(H,26,27). The van der Waals surface area contributed by atoms with Gasteiger partial charge in [-0.15, -0.1) is 0 Å². The molecule has 1 heterocycles. The number of carbonyl (C=O) groups is 1. The summed E-state index contributed by atoms with van der Waals surface area (Å²) in [6.45, 7) is 0. The van der Waals surface area contributed by atoms with Crippen LogP contribution in [0.4, 0.5) is 34.6 Å². The minimum atomic E-state index is -4.45. The van der Waals surface area contributed by atoms with Crippen LogP contribution in [0, 0.1) is 5.82 Å². The van der Waals surface area contributed by atoms with Crippen molar-refractivity contribution in [3.63, 3.8) is 0 Å². The summed E-state index contributed by atoms with van der Waals surface area (Å²) in [4.78, 5) is 16.2. The summed E-state index contributed by atoms with van der Waals surface area (Å²) in [6.07, 6.45) is -3.09. The van der Waals surface area contributed by atoms with E-state index in [0.29, 0.717) is 11.4 Å². The number of rotatable bonds is 4. The van der Waals surface area contributed by atoms with Gasteiger partial charge in [0.25, 0.3) is 5.91 Å². The van der Waals surface area contributed by atoms with Crippen molar-refractivity contribution in [1.82, 2.24) is 4.98 Å². The maximum absolute atomic E-state index is 12.9. The van der Waals surface area contributed by atoms with Crippen LogP contribution in [0.25, 0.3) is 0 Å². The molecule has 138 valence electrons. The normalized spacial score (nSPS) is 11.1. The molecule has 0 saturated heterocycles. The third kappa shape index (κ3) is 4.81. The summed E-state index contributed by atoms with van der Waals surface area (Å²) in [6, 6.07) is 12.8. The van der Waals surface area contributed by atoms with Gasteiger partial charge >= 0.3 is 6.18 Å². The third-order valence-electron chi connectivity index (χ3n) is 3.57. The van der Waals surface area contributed by atoms with Gasteiger partial charge in [-0.3, -0.25) is 9.78 Å². The molecule has 3 aromatic rings. The number of hydrogen-bond donors (Lipinski definition) is 2. The van der Waals surface area contributed by atoms with Gasteiger partial charge in [0.05, 0.1) is 5.56 Å². The van der Waals surface area contributed by atoms with E-state index < -0.39 is 23.5 Å². The van der Waals surface area contributed by atoms with Crippen LogP contribution in [0.15, 0.2) is 66.9 Å². The lowest BCUT2D eigenvalue weighted by Crippen LogP contribution is -2.13. The van der Waals surface area contributed by atoms with Crippen molar-refractivity contribution in [2.75, 3.05) is 10.6 Å². The van der Waals surface area contributed by atoms with Crippen molar-refractivity contribution < 1.29 is 22.4 Å². The van der Waals surface area contributed by atoms with Gasteiger partial charge in [-0.1, -0.05) is 6.07 Å². The number of aromatic nitrogens is 1. The van der Waals surface area contributed by atoms with Gasteiger partial charge in [-0.05, 0) is 54.6 Å². The highest BCUT2D eigenvalue weighted by molar-refractivity contribution is 6.03. The van der Waals surface area contributed by atoms with Gasteiger partial charge in [-0.2, -0.15) is 13.2 Å². The van der Waals surface area contributed by atoms with E-state index in [9.17, 15) is 22.4 Å². The summed E-state index contributed by atoms with van der Waals surface area (Å²) in [7, 11) is 0. The lowest BCUT2D eigenvalue weighted by molar-refractivity contribution is -0.137. The van der Waals surface area contributed by atoms with Crippen LogP contribution in [0.3, 0.4) is 0 Å². The van der Waals surface area contributed by atoms with E-state index in [0.717, 1.165) is 12.1 Å². The van der Waals surface area contributed by atoms with Gasteiger partial charge in [0.15, 0.2) is 0 Å². The molecule has 0 fully saturated rings. The van der Waals surface area contributed by atoms with Crippen LogP contribution in [0.1, 0.15) is 16.1 Å². The molecule has 4 nitrogen and oxygen atoms in total. The van der Waals surface area contributed by atoms with E-state index in [1.165, 1.54) is 54.7 Å². The van der Waals surface area contributed by atoms with Gasteiger partial charge < -0.3 is 10.6 Å². The van der Waals surface area contributed by atoms with Crippen molar-refractivity contribution in [2.45, 2.75) is 6.18 Å². The highest BCUT2D eigenvalue weighted by Crippen LogP contribution is 2.31. The Bertz CT molecular complexity index is 956. The highest BCUT2D eigenvalue weighted by Gasteiger charge is 2.30. The first-order valence-corrected chi connectivity index (χ1v) is 7.78. The van der Waals surface area contributed by atoms with Crippen molar-refractivity contribution in [1.29, 1.82) is 0 Å². The number of hydrogen-bond acceptors (Lipinski definition) is 3. The predicted octanol–water partition coefficient (Wildman–Crippen LogP) is 5.24. The third-order valence-corrected chi connectivity index (χ3v) is 3.57. The number of nitrogens with zero attached hydrogens (tertiary/aromatic N) is 1. The van der Waals surface area contributed by atoms with E-state index >= 15 is 0 Å². The van der Waals surface area contributed by atoms with E-state index in [1.54, 1.807) is 0 Å². The average molecular weight is 375 g/mol. The molecule has 0 saturated carbocycles. The van der Waals surface area contributed by atoms with Crippen molar-refractivity contribution in [3.8, 4) is 0 Å². The fourth-order valence-corrected chi connectivity index (χ4v) is 2.30. The fraction of sp³-hybridized carbons (Fsp3) is 0.0526. The predicted molar refractivity (Wildman–Crippen MR) is 93.3 cm³/mol. The molecule has 27 heavy (non-hydrogen) atoms. The molecule has 0 spiro atoms. The Morgan fingerprint density at radius 3 is 2.30 bits per heavy atom. The van der Waals surface area contributed by atoms with Gasteiger partial charge in [-0.25, -0.2) is 4.39 Å². The molecule has 2 N–H and O–H groups in total. The van der Waals surface area contributed by atoms with Crippen molar-refractivity contribution in [2.24, 2.45) is 0 Å². The van der Waals surface area contributed by atoms with Crippen molar-refractivity contribution >= 4 is 23.0 Å². The first-order chi connectivity index (χ1) is 12.8. The van der Waals surface area contributed by atoms with E-state index in [1.807, 2.05) is 0 Å². The summed E-state index contributed by atoms with van der Waals surface area (Å²) in [5, 5.41) is 5.37. The number of alkyl halides is 3.